The third-order valence-electron chi connectivity index (χ3n) is 4.20. The molecule has 2 heterocycles. The maximum Gasteiger partial charge on any atom is 0.257 e. The van der Waals surface area contributed by atoms with Gasteiger partial charge in [0.1, 0.15) is 11.6 Å². The molecule has 0 radical (unpaired) electrons. The van der Waals surface area contributed by atoms with Gasteiger partial charge in [-0.05, 0) is 37.1 Å². The summed E-state index contributed by atoms with van der Waals surface area (Å²) in [5.41, 5.74) is 7.14. The fraction of sp³-hybridized carbons (Fsp3) is 0.333. The predicted octanol–water partition coefficient (Wildman–Crippen LogP) is 2.27. The molecule has 0 bridgehead atoms. The molecule has 3 N–H and O–H groups in total. The molecule has 1 aliphatic rings. The number of benzene rings is 1. The smallest absolute Gasteiger partial charge is 0.257 e. The molecule has 0 saturated carbocycles. The van der Waals surface area contributed by atoms with Gasteiger partial charge in [-0.25, -0.2) is 4.98 Å². The number of anilines is 2. The summed E-state index contributed by atoms with van der Waals surface area (Å²) in [6, 6.07) is 11.2. The van der Waals surface area contributed by atoms with Crippen LogP contribution in [0.4, 0.5) is 11.5 Å². The normalized spacial score (nSPS) is 15.2. The number of hydrogen-bond acceptors (Lipinski definition) is 5. The molecule has 1 fully saturated rings. The minimum Gasteiger partial charge on any atom is -0.497 e. The van der Waals surface area contributed by atoms with Gasteiger partial charge in [0.25, 0.3) is 5.91 Å². The highest BCUT2D eigenvalue weighted by Gasteiger charge is 2.17. The highest BCUT2D eigenvalue weighted by atomic mass is 16.5. The number of amides is 1. The van der Waals surface area contributed by atoms with Crippen molar-refractivity contribution in [1.29, 1.82) is 0 Å². The minimum atomic E-state index is -0.192. The van der Waals surface area contributed by atoms with Gasteiger partial charge in [0, 0.05) is 37.1 Å². The average Bonchev–Trinajstić information content (AvgIpc) is 2.62. The van der Waals surface area contributed by atoms with Crippen LogP contribution in [0.5, 0.6) is 5.75 Å². The van der Waals surface area contributed by atoms with E-state index in [-0.39, 0.29) is 11.9 Å². The Balaban J connectivity index is 1.65. The van der Waals surface area contributed by atoms with Crippen molar-refractivity contribution >= 4 is 17.4 Å². The maximum atomic E-state index is 12.3. The summed E-state index contributed by atoms with van der Waals surface area (Å²) in [7, 11) is 1.59. The van der Waals surface area contributed by atoms with Gasteiger partial charge in [0.2, 0.25) is 0 Å². The predicted molar refractivity (Wildman–Crippen MR) is 94.6 cm³/mol. The van der Waals surface area contributed by atoms with E-state index in [0.717, 1.165) is 31.7 Å². The topological polar surface area (TPSA) is 80.5 Å². The van der Waals surface area contributed by atoms with Gasteiger partial charge in [-0.3, -0.25) is 4.79 Å². The Hall–Kier alpha value is -2.60. The number of aromatic nitrogens is 1. The summed E-state index contributed by atoms with van der Waals surface area (Å²) >= 11 is 0. The zero-order chi connectivity index (χ0) is 16.9. The van der Waals surface area contributed by atoms with E-state index in [2.05, 4.69) is 15.2 Å². The Morgan fingerprint density at radius 3 is 2.75 bits per heavy atom. The summed E-state index contributed by atoms with van der Waals surface area (Å²) in [6.07, 6.45) is 3.55. The number of carbonyl (C=O) groups excluding carboxylic acids is 1. The molecule has 1 amide bonds. The molecule has 2 aromatic rings. The van der Waals surface area contributed by atoms with Gasteiger partial charge >= 0.3 is 0 Å². The van der Waals surface area contributed by atoms with Gasteiger partial charge in [0.15, 0.2) is 0 Å². The van der Waals surface area contributed by atoms with E-state index in [1.165, 1.54) is 0 Å². The van der Waals surface area contributed by atoms with Crippen molar-refractivity contribution in [2.45, 2.75) is 18.9 Å². The highest BCUT2D eigenvalue weighted by molar-refractivity contribution is 6.04. The van der Waals surface area contributed by atoms with Gasteiger partial charge in [-0.1, -0.05) is 6.07 Å². The summed E-state index contributed by atoms with van der Waals surface area (Å²) in [4.78, 5) is 18.9. The Morgan fingerprint density at radius 1 is 1.29 bits per heavy atom. The Bertz CT molecular complexity index is 694. The summed E-state index contributed by atoms with van der Waals surface area (Å²) < 4.78 is 5.15. The average molecular weight is 326 g/mol. The largest absolute Gasteiger partial charge is 0.497 e. The van der Waals surface area contributed by atoms with Crippen molar-refractivity contribution < 1.29 is 9.53 Å². The molecule has 6 nitrogen and oxygen atoms in total. The lowest BCUT2D eigenvalue weighted by molar-refractivity contribution is 0.102. The number of rotatable bonds is 4. The van der Waals surface area contributed by atoms with Crippen LogP contribution in [0.1, 0.15) is 23.2 Å². The van der Waals surface area contributed by atoms with Gasteiger partial charge in [0.05, 0.1) is 12.7 Å². The van der Waals surface area contributed by atoms with E-state index in [1.807, 2.05) is 24.3 Å². The van der Waals surface area contributed by atoms with Gasteiger partial charge in [-0.15, -0.1) is 0 Å². The third kappa shape index (κ3) is 3.83. The summed E-state index contributed by atoms with van der Waals surface area (Å²) in [5.74, 6) is 1.40. The molecule has 0 aliphatic carbocycles. The summed E-state index contributed by atoms with van der Waals surface area (Å²) in [5, 5.41) is 2.85. The van der Waals surface area contributed by atoms with Gasteiger partial charge in [-0.2, -0.15) is 0 Å². The first-order valence-corrected chi connectivity index (χ1v) is 8.07. The Labute approximate surface area is 141 Å². The van der Waals surface area contributed by atoms with Crippen molar-refractivity contribution in [2.75, 3.05) is 30.4 Å². The molecule has 0 spiro atoms. The second-order valence-electron chi connectivity index (χ2n) is 5.92. The molecule has 1 saturated heterocycles. The second-order valence-corrected chi connectivity index (χ2v) is 5.92. The van der Waals surface area contributed by atoms with E-state index in [1.54, 1.807) is 25.4 Å². The number of piperidine rings is 1. The number of methoxy groups -OCH3 is 1. The van der Waals surface area contributed by atoms with Gasteiger partial charge < -0.3 is 20.7 Å². The van der Waals surface area contributed by atoms with Crippen LogP contribution < -0.4 is 20.7 Å². The first kappa shape index (κ1) is 16.3. The molecule has 1 aromatic carbocycles. The number of nitrogens with one attached hydrogen (secondary N) is 1. The van der Waals surface area contributed by atoms with E-state index in [0.29, 0.717) is 17.0 Å². The second kappa shape index (κ2) is 7.31. The zero-order valence-electron chi connectivity index (χ0n) is 13.7. The van der Waals surface area contributed by atoms with Crippen molar-refractivity contribution in [3.8, 4) is 5.75 Å². The Kier molecular flexibility index (Phi) is 4.96. The monoisotopic (exact) mass is 326 g/mol. The first-order valence-electron chi connectivity index (χ1n) is 8.07. The number of pyridine rings is 1. The third-order valence-corrected chi connectivity index (χ3v) is 4.20. The molecular formula is C18H22N4O2. The van der Waals surface area contributed by atoms with E-state index >= 15 is 0 Å². The zero-order valence-corrected chi connectivity index (χ0v) is 13.7. The molecule has 126 valence electrons. The quantitative estimate of drug-likeness (QED) is 0.901. The maximum absolute atomic E-state index is 12.3. The minimum absolute atomic E-state index is 0.192. The number of nitrogens with zero attached hydrogens (tertiary/aromatic N) is 2. The first-order chi connectivity index (χ1) is 11.7. The number of carbonyl (C=O) groups is 1. The van der Waals surface area contributed by atoms with Crippen molar-refractivity contribution in [2.24, 2.45) is 5.73 Å². The van der Waals surface area contributed by atoms with E-state index in [9.17, 15) is 4.79 Å². The number of ether oxygens (including phenoxy) is 1. The number of nitrogens with two attached hydrogens (primary N) is 1. The molecule has 1 aromatic heterocycles. The standard InChI is InChI=1S/C18H22N4O2/c1-24-16-4-2-3-15(11-16)21-18(23)13-5-6-17(20-12-13)22-9-7-14(19)8-10-22/h2-6,11-12,14H,7-10,19H2,1H3,(H,21,23). The Morgan fingerprint density at radius 2 is 2.08 bits per heavy atom. The lowest BCUT2D eigenvalue weighted by Gasteiger charge is -2.31. The van der Waals surface area contributed by atoms with Crippen LogP contribution in [0.3, 0.4) is 0 Å². The molecule has 1 aliphatic heterocycles. The van der Waals surface area contributed by atoms with Crippen LogP contribution in [-0.4, -0.2) is 37.1 Å². The van der Waals surface area contributed by atoms with Crippen molar-refractivity contribution in [1.82, 2.24) is 4.98 Å². The van der Waals surface area contributed by atoms with Crippen LogP contribution in [0.25, 0.3) is 0 Å². The van der Waals surface area contributed by atoms with Crippen LogP contribution in [-0.2, 0) is 0 Å². The molecule has 6 heteroatoms. The molecule has 0 atom stereocenters. The van der Waals surface area contributed by atoms with Crippen molar-refractivity contribution in [3.05, 3.63) is 48.2 Å². The molecule has 3 rings (SSSR count). The number of hydrogen-bond donors (Lipinski definition) is 2. The van der Waals surface area contributed by atoms with Crippen LogP contribution in [0.2, 0.25) is 0 Å². The lowest BCUT2D eigenvalue weighted by atomic mass is 10.1. The van der Waals surface area contributed by atoms with E-state index in [4.69, 9.17) is 10.5 Å². The SMILES string of the molecule is COc1cccc(NC(=O)c2ccc(N3CCC(N)CC3)nc2)c1. The highest BCUT2D eigenvalue weighted by Crippen LogP contribution is 2.19. The fourth-order valence-electron chi connectivity index (χ4n) is 2.74. The van der Waals surface area contributed by atoms with Crippen LogP contribution in [0.15, 0.2) is 42.6 Å². The molecule has 0 unspecified atom stereocenters. The van der Waals surface area contributed by atoms with Crippen molar-refractivity contribution in [3.63, 3.8) is 0 Å². The summed E-state index contributed by atoms with van der Waals surface area (Å²) in [6.45, 7) is 1.81. The molecular weight excluding hydrogens is 304 g/mol. The van der Waals surface area contributed by atoms with Crippen LogP contribution >= 0.6 is 0 Å². The molecule has 24 heavy (non-hydrogen) atoms. The fourth-order valence-corrected chi connectivity index (χ4v) is 2.74. The van der Waals surface area contributed by atoms with E-state index < -0.39 is 0 Å². The van der Waals surface area contributed by atoms with Crippen LogP contribution in [0, 0.1) is 0 Å². The lowest BCUT2D eigenvalue weighted by Crippen LogP contribution is -2.40.